The second kappa shape index (κ2) is 10.3. The van der Waals surface area contributed by atoms with Gasteiger partial charge in [-0.1, -0.05) is 46.3 Å². The molecule has 0 fully saturated rings. The Labute approximate surface area is 143 Å². The zero-order valence-electron chi connectivity index (χ0n) is 15.8. The minimum atomic E-state index is -1.90. The molecule has 4 nitrogen and oxygen atoms in total. The maximum atomic E-state index is 10.7. The fraction of sp³-hybridized carbons (Fsp3) is 0.833. The summed E-state index contributed by atoms with van der Waals surface area (Å²) in [5.41, 5.74) is 0. The summed E-state index contributed by atoms with van der Waals surface area (Å²) in [5, 5.41) is 18.7. The van der Waals surface area contributed by atoms with Gasteiger partial charge in [0.05, 0.1) is 12.2 Å². The van der Waals surface area contributed by atoms with E-state index in [-0.39, 0.29) is 23.7 Å². The van der Waals surface area contributed by atoms with Crippen LogP contribution in [-0.2, 0) is 9.22 Å². The molecule has 0 radical (unpaired) electrons. The minimum absolute atomic E-state index is 0.0657. The minimum Gasteiger partial charge on any atom is -0.481 e. The Morgan fingerprint density at radius 2 is 1.87 bits per heavy atom. The van der Waals surface area contributed by atoms with E-state index in [0.29, 0.717) is 19.3 Å². The van der Waals surface area contributed by atoms with Crippen molar-refractivity contribution in [1.82, 2.24) is 0 Å². The molecule has 0 aromatic rings. The van der Waals surface area contributed by atoms with Crippen molar-refractivity contribution in [3.8, 4) is 0 Å². The molecular formula is C18H36O4Si. The molecule has 0 spiro atoms. The van der Waals surface area contributed by atoms with E-state index in [4.69, 9.17) is 9.53 Å². The van der Waals surface area contributed by atoms with Gasteiger partial charge in [0.25, 0.3) is 0 Å². The van der Waals surface area contributed by atoms with Gasteiger partial charge in [-0.3, -0.25) is 4.79 Å². The summed E-state index contributed by atoms with van der Waals surface area (Å²) in [6, 6.07) is 0. The number of carbonyl (C=O) groups is 1. The fourth-order valence-electron chi connectivity index (χ4n) is 2.04. The van der Waals surface area contributed by atoms with Crippen molar-refractivity contribution in [3.63, 3.8) is 0 Å². The van der Waals surface area contributed by atoms with E-state index in [0.717, 1.165) is 12.8 Å². The van der Waals surface area contributed by atoms with E-state index in [2.05, 4.69) is 40.8 Å². The van der Waals surface area contributed by atoms with Crippen molar-refractivity contribution >= 4 is 14.3 Å². The zero-order valence-corrected chi connectivity index (χ0v) is 16.8. The normalized spacial score (nSPS) is 15.8. The zero-order chi connectivity index (χ0) is 18.1. The molecule has 136 valence electrons. The molecule has 0 saturated carbocycles. The molecule has 0 aliphatic heterocycles. The second-order valence-electron chi connectivity index (χ2n) is 7.81. The van der Waals surface area contributed by atoms with Crippen LogP contribution in [0.1, 0.15) is 66.2 Å². The van der Waals surface area contributed by atoms with Crippen LogP contribution in [0.2, 0.25) is 18.1 Å². The van der Waals surface area contributed by atoms with E-state index in [1.165, 1.54) is 0 Å². The molecule has 2 atom stereocenters. The number of hydrogen-bond donors (Lipinski definition) is 2. The number of aliphatic hydroxyl groups is 1. The molecule has 23 heavy (non-hydrogen) atoms. The predicted molar refractivity (Wildman–Crippen MR) is 98.2 cm³/mol. The van der Waals surface area contributed by atoms with Gasteiger partial charge in [-0.2, -0.15) is 0 Å². The molecule has 0 rings (SSSR count). The Hall–Kier alpha value is -0.653. The van der Waals surface area contributed by atoms with Crippen molar-refractivity contribution in [3.05, 3.63) is 12.2 Å². The average Bonchev–Trinajstić information content (AvgIpc) is 2.36. The van der Waals surface area contributed by atoms with Gasteiger partial charge in [0.2, 0.25) is 0 Å². The third kappa shape index (κ3) is 9.94. The Balaban J connectivity index is 4.74. The summed E-state index contributed by atoms with van der Waals surface area (Å²) in [7, 11) is -1.90. The lowest BCUT2D eigenvalue weighted by Gasteiger charge is -2.38. The molecule has 0 unspecified atom stereocenters. The quantitative estimate of drug-likeness (QED) is 0.420. The molecule has 5 heteroatoms. The number of hydrogen-bond acceptors (Lipinski definition) is 3. The van der Waals surface area contributed by atoms with Gasteiger partial charge >= 0.3 is 5.97 Å². The monoisotopic (exact) mass is 344 g/mol. The number of rotatable bonds is 11. The highest BCUT2D eigenvalue weighted by Gasteiger charge is 2.38. The Morgan fingerprint density at radius 1 is 1.26 bits per heavy atom. The molecule has 0 aromatic heterocycles. The van der Waals surface area contributed by atoms with Gasteiger partial charge in [0.15, 0.2) is 8.32 Å². The SMILES string of the molecule is CCC[C@@H](O)C/C=C/[C@H](CCCC(=O)O)O[Si](C)(C)C(C)(C)C. The van der Waals surface area contributed by atoms with Crippen LogP contribution in [0.5, 0.6) is 0 Å². The standard InChI is InChI=1S/C18H36O4Si/c1-7-10-15(19)11-8-12-16(13-9-14-17(20)21)22-23(5,6)18(2,3)4/h8,12,15-16,19H,7,9-11,13-14H2,1-6H3,(H,20,21)/b12-8+/t15-,16-/m1/s1. The third-order valence-corrected chi connectivity index (χ3v) is 9.02. The second-order valence-corrected chi connectivity index (χ2v) is 12.6. The molecule has 0 saturated heterocycles. The first-order valence-electron chi connectivity index (χ1n) is 8.74. The maximum Gasteiger partial charge on any atom is 0.303 e. The summed E-state index contributed by atoms with van der Waals surface area (Å²) in [6.07, 6.45) is 7.52. The first kappa shape index (κ1) is 22.3. The topological polar surface area (TPSA) is 66.8 Å². The molecule has 2 N–H and O–H groups in total. The Morgan fingerprint density at radius 3 is 2.35 bits per heavy atom. The molecule has 0 bridgehead atoms. The van der Waals surface area contributed by atoms with E-state index >= 15 is 0 Å². The van der Waals surface area contributed by atoms with Crippen LogP contribution in [0, 0.1) is 0 Å². The first-order valence-corrected chi connectivity index (χ1v) is 11.6. The van der Waals surface area contributed by atoms with Crippen LogP contribution in [0.3, 0.4) is 0 Å². The summed E-state index contributed by atoms with van der Waals surface area (Å²) in [4.78, 5) is 10.7. The Bertz CT molecular complexity index is 372. The fourth-order valence-corrected chi connectivity index (χ4v) is 3.35. The number of aliphatic hydroxyl groups excluding tert-OH is 1. The first-order chi connectivity index (χ1) is 10.5. The van der Waals surface area contributed by atoms with E-state index in [1.807, 2.05) is 12.2 Å². The van der Waals surface area contributed by atoms with Crippen molar-refractivity contribution in [2.45, 2.75) is 96.6 Å². The lowest BCUT2D eigenvalue weighted by Crippen LogP contribution is -2.43. The molecule has 0 amide bonds. The lowest BCUT2D eigenvalue weighted by atomic mass is 10.1. The number of carboxylic acids is 1. The molecule has 0 heterocycles. The van der Waals surface area contributed by atoms with E-state index in [9.17, 15) is 9.90 Å². The van der Waals surface area contributed by atoms with Crippen molar-refractivity contribution in [2.24, 2.45) is 0 Å². The highest BCUT2D eigenvalue weighted by atomic mass is 28.4. The predicted octanol–water partition coefficient (Wildman–Crippen LogP) is 4.74. The highest BCUT2D eigenvalue weighted by molar-refractivity contribution is 6.74. The van der Waals surface area contributed by atoms with Gasteiger partial charge in [-0.05, 0) is 43.8 Å². The molecule has 0 aliphatic rings. The molecular weight excluding hydrogens is 308 g/mol. The van der Waals surface area contributed by atoms with Gasteiger partial charge in [-0.15, -0.1) is 0 Å². The third-order valence-electron chi connectivity index (χ3n) is 4.51. The van der Waals surface area contributed by atoms with Gasteiger partial charge in [0.1, 0.15) is 0 Å². The highest BCUT2D eigenvalue weighted by Crippen LogP contribution is 2.38. The van der Waals surface area contributed by atoms with Crippen LogP contribution < -0.4 is 0 Å². The van der Waals surface area contributed by atoms with Crippen LogP contribution in [-0.4, -0.2) is 36.7 Å². The number of carboxylic acid groups (broad SMARTS) is 1. The van der Waals surface area contributed by atoms with E-state index < -0.39 is 14.3 Å². The summed E-state index contributed by atoms with van der Waals surface area (Å²) in [5.74, 6) is -0.765. The smallest absolute Gasteiger partial charge is 0.303 e. The largest absolute Gasteiger partial charge is 0.481 e. The van der Waals surface area contributed by atoms with Gasteiger partial charge in [-0.25, -0.2) is 0 Å². The van der Waals surface area contributed by atoms with Crippen molar-refractivity contribution in [1.29, 1.82) is 0 Å². The van der Waals surface area contributed by atoms with Gasteiger partial charge < -0.3 is 14.6 Å². The molecule has 0 aliphatic carbocycles. The molecule has 0 aromatic carbocycles. The van der Waals surface area contributed by atoms with Crippen LogP contribution in [0.4, 0.5) is 0 Å². The van der Waals surface area contributed by atoms with Crippen LogP contribution in [0.25, 0.3) is 0 Å². The van der Waals surface area contributed by atoms with Crippen LogP contribution in [0.15, 0.2) is 12.2 Å². The number of aliphatic carboxylic acids is 1. The average molecular weight is 345 g/mol. The Kier molecular flexibility index (Phi) is 9.97. The maximum absolute atomic E-state index is 10.7. The lowest BCUT2D eigenvalue weighted by molar-refractivity contribution is -0.137. The van der Waals surface area contributed by atoms with Crippen LogP contribution >= 0.6 is 0 Å². The summed E-state index contributed by atoms with van der Waals surface area (Å²) >= 11 is 0. The van der Waals surface area contributed by atoms with Gasteiger partial charge in [0, 0.05) is 6.42 Å². The summed E-state index contributed by atoms with van der Waals surface area (Å²) < 4.78 is 6.40. The summed E-state index contributed by atoms with van der Waals surface area (Å²) in [6.45, 7) is 13.1. The van der Waals surface area contributed by atoms with Crippen molar-refractivity contribution in [2.75, 3.05) is 0 Å². The van der Waals surface area contributed by atoms with Crippen molar-refractivity contribution < 1.29 is 19.4 Å². The van der Waals surface area contributed by atoms with E-state index in [1.54, 1.807) is 0 Å².